The molecule has 4 heteroatoms. The lowest BCUT2D eigenvalue weighted by atomic mass is 9.93. The third kappa shape index (κ3) is 2.71. The average molecular weight is 339 g/mol. The molecular formula is C22H17N3O. The van der Waals surface area contributed by atoms with E-state index in [1.54, 1.807) is 12.3 Å². The molecular weight excluding hydrogens is 322 g/mol. The molecule has 4 rings (SSSR count). The summed E-state index contributed by atoms with van der Waals surface area (Å²) in [5, 5.41) is 0.578. The SMILES string of the molecule is C=C(c1ccccn1)c1c(C)cccc1-c1nc2ccccc2c(=O)[nH]1. The molecule has 0 bridgehead atoms. The van der Waals surface area contributed by atoms with Gasteiger partial charge in [-0.25, -0.2) is 4.98 Å². The minimum Gasteiger partial charge on any atom is -0.306 e. The van der Waals surface area contributed by atoms with Crippen LogP contribution >= 0.6 is 0 Å². The Morgan fingerprint density at radius 3 is 2.62 bits per heavy atom. The summed E-state index contributed by atoms with van der Waals surface area (Å²) in [5.74, 6) is 0.532. The Morgan fingerprint density at radius 1 is 1.00 bits per heavy atom. The molecule has 1 N–H and O–H groups in total. The van der Waals surface area contributed by atoms with E-state index in [0.29, 0.717) is 16.7 Å². The number of rotatable bonds is 3. The van der Waals surface area contributed by atoms with Crippen molar-refractivity contribution in [1.29, 1.82) is 0 Å². The molecule has 2 aromatic carbocycles. The van der Waals surface area contributed by atoms with Gasteiger partial charge < -0.3 is 4.98 Å². The number of nitrogens with one attached hydrogen (secondary N) is 1. The molecule has 0 aliphatic rings. The van der Waals surface area contributed by atoms with Crippen LogP contribution in [0.15, 0.2) is 78.2 Å². The molecule has 0 saturated carbocycles. The van der Waals surface area contributed by atoms with E-state index in [2.05, 4.69) is 21.5 Å². The van der Waals surface area contributed by atoms with Gasteiger partial charge in [0.05, 0.1) is 16.6 Å². The third-order valence-corrected chi connectivity index (χ3v) is 4.42. The zero-order valence-electron chi connectivity index (χ0n) is 14.4. The first kappa shape index (κ1) is 16.0. The smallest absolute Gasteiger partial charge is 0.259 e. The molecule has 0 fully saturated rings. The van der Waals surface area contributed by atoms with E-state index in [-0.39, 0.29) is 5.56 Å². The van der Waals surface area contributed by atoms with Crippen molar-refractivity contribution in [3.05, 3.63) is 101 Å². The molecule has 0 radical (unpaired) electrons. The standard InChI is InChI=1S/C22H17N3O/c1-14-8-7-10-17(20(14)15(2)18-11-5-6-13-23-18)21-24-19-12-4-3-9-16(19)22(26)25-21/h3-13H,2H2,1H3,(H,24,25,26). The Kier molecular flexibility index (Phi) is 3.93. The molecule has 4 aromatic rings. The Labute approximate surface area is 150 Å². The topological polar surface area (TPSA) is 58.6 Å². The van der Waals surface area contributed by atoms with Crippen molar-refractivity contribution in [3.8, 4) is 11.4 Å². The van der Waals surface area contributed by atoms with Crippen LogP contribution in [0.2, 0.25) is 0 Å². The fourth-order valence-electron chi connectivity index (χ4n) is 3.15. The van der Waals surface area contributed by atoms with Gasteiger partial charge in [0.25, 0.3) is 5.56 Å². The van der Waals surface area contributed by atoms with Gasteiger partial charge in [-0.2, -0.15) is 0 Å². The van der Waals surface area contributed by atoms with Crippen LogP contribution in [0.5, 0.6) is 0 Å². The van der Waals surface area contributed by atoms with Crippen LogP contribution in [-0.2, 0) is 0 Å². The van der Waals surface area contributed by atoms with Crippen molar-refractivity contribution in [3.63, 3.8) is 0 Å². The summed E-state index contributed by atoms with van der Waals surface area (Å²) in [4.78, 5) is 24.5. The summed E-state index contributed by atoms with van der Waals surface area (Å²) in [6.45, 7) is 6.26. The molecule has 2 aromatic heterocycles. The number of fused-ring (bicyclic) bond motifs is 1. The average Bonchev–Trinajstić information content (AvgIpc) is 2.68. The zero-order chi connectivity index (χ0) is 18.1. The quantitative estimate of drug-likeness (QED) is 0.603. The largest absolute Gasteiger partial charge is 0.306 e. The fraction of sp³-hybridized carbons (Fsp3) is 0.0455. The molecule has 126 valence electrons. The van der Waals surface area contributed by atoms with E-state index in [4.69, 9.17) is 0 Å². The van der Waals surface area contributed by atoms with Crippen molar-refractivity contribution in [2.45, 2.75) is 6.92 Å². The van der Waals surface area contributed by atoms with E-state index in [0.717, 1.165) is 28.0 Å². The minimum absolute atomic E-state index is 0.151. The molecule has 4 nitrogen and oxygen atoms in total. The van der Waals surface area contributed by atoms with E-state index in [9.17, 15) is 4.79 Å². The first-order valence-electron chi connectivity index (χ1n) is 8.35. The van der Waals surface area contributed by atoms with Gasteiger partial charge in [-0.15, -0.1) is 0 Å². The van der Waals surface area contributed by atoms with Gasteiger partial charge in [0, 0.05) is 17.3 Å². The molecule has 0 aliphatic heterocycles. The number of hydrogen-bond donors (Lipinski definition) is 1. The van der Waals surface area contributed by atoms with Crippen LogP contribution in [-0.4, -0.2) is 15.0 Å². The molecule has 0 atom stereocenters. The maximum Gasteiger partial charge on any atom is 0.259 e. The molecule has 0 spiro atoms. The first-order chi connectivity index (χ1) is 12.6. The second-order valence-electron chi connectivity index (χ2n) is 6.12. The number of hydrogen-bond acceptors (Lipinski definition) is 3. The van der Waals surface area contributed by atoms with Gasteiger partial charge >= 0.3 is 0 Å². The van der Waals surface area contributed by atoms with E-state index >= 15 is 0 Å². The van der Waals surface area contributed by atoms with Crippen LogP contribution in [0.25, 0.3) is 27.9 Å². The van der Waals surface area contributed by atoms with Crippen LogP contribution in [0.4, 0.5) is 0 Å². The number of nitrogens with zero attached hydrogens (tertiary/aromatic N) is 2. The van der Waals surface area contributed by atoms with Gasteiger partial charge in [0.1, 0.15) is 5.82 Å². The molecule has 0 amide bonds. The van der Waals surface area contributed by atoms with Gasteiger partial charge in [0.2, 0.25) is 0 Å². The molecule has 0 unspecified atom stereocenters. The maximum absolute atomic E-state index is 12.5. The number of para-hydroxylation sites is 1. The number of H-pyrrole nitrogens is 1. The highest BCUT2D eigenvalue weighted by atomic mass is 16.1. The maximum atomic E-state index is 12.5. The number of aryl methyl sites for hydroxylation is 1. The molecule has 26 heavy (non-hydrogen) atoms. The van der Waals surface area contributed by atoms with Crippen LogP contribution in [0, 0.1) is 6.92 Å². The third-order valence-electron chi connectivity index (χ3n) is 4.42. The summed E-state index contributed by atoms with van der Waals surface area (Å²) < 4.78 is 0. The Bertz CT molecular complexity index is 1180. The normalized spacial score (nSPS) is 10.8. The Hall–Kier alpha value is -3.53. The van der Waals surface area contributed by atoms with Crippen molar-refractivity contribution < 1.29 is 0 Å². The monoisotopic (exact) mass is 339 g/mol. The van der Waals surface area contributed by atoms with Crippen molar-refractivity contribution in [2.24, 2.45) is 0 Å². The number of aromatic amines is 1. The van der Waals surface area contributed by atoms with Gasteiger partial charge in [-0.1, -0.05) is 43.0 Å². The summed E-state index contributed by atoms with van der Waals surface area (Å²) in [6.07, 6.45) is 1.74. The number of aromatic nitrogens is 3. The van der Waals surface area contributed by atoms with Gasteiger partial charge in [-0.3, -0.25) is 9.78 Å². The second kappa shape index (κ2) is 6.41. The van der Waals surface area contributed by atoms with Gasteiger partial charge in [0.15, 0.2) is 0 Å². The fourth-order valence-corrected chi connectivity index (χ4v) is 3.15. The summed E-state index contributed by atoms with van der Waals surface area (Å²) >= 11 is 0. The van der Waals surface area contributed by atoms with E-state index < -0.39 is 0 Å². The highest BCUT2D eigenvalue weighted by Crippen LogP contribution is 2.32. The Morgan fingerprint density at radius 2 is 1.81 bits per heavy atom. The highest BCUT2D eigenvalue weighted by Gasteiger charge is 2.15. The molecule has 2 heterocycles. The summed E-state index contributed by atoms with van der Waals surface area (Å²) in [7, 11) is 0. The van der Waals surface area contributed by atoms with E-state index in [1.165, 1.54) is 0 Å². The van der Waals surface area contributed by atoms with Crippen molar-refractivity contribution in [2.75, 3.05) is 0 Å². The first-order valence-corrected chi connectivity index (χ1v) is 8.35. The number of benzene rings is 2. The predicted octanol–water partition coefficient (Wildman–Crippen LogP) is 4.36. The lowest BCUT2D eigenvalue weighted by Crippen LogP contribution is -2.10. The van der Waals surface area contributed by atoms with Crippen molar-refractivity contribution >= 4 is 16.5 Å². The number of pyridine rings is 1. The predicted molar refractivity (Wildman–Crippen MR) is 105 cm³/mol. The lowest BCUT2D eigenvalue weighted by Gasteiger charge is -2.14. The Balaban J connectivity index is 1.95. The highest BCUT2D eigenvalue weighted by molar-refractivity contribution is 5.88. The zero-order valence-corrected chi connectivity index (χ0v) is 14.4. The lowest BCUT2D eigenvalue weighted by molar-refractivity contribution is 1.17. The van der Waals surface area contributed by atoms with Gasteiger partial charge in [-0.05, 0) is 42.3 Å². The van der Waals surface area contributed by atoms with Crippen molar-refractivity contribution in [1.82, 2.24) is 15.0 Å². The molecule has 0 saturated heterocycles. The van der Waals surface area contributed by atoms with E-state index in [1.807, 2.05) is 61.5 Å². The van der Waals surface area contributed by atoms with Crippen LogP contribution in [0.1, 0.15) is 16.8 Å². The second-order valence-corrected chi connectivity index (χ2v) is 6.12. The van der Waals surface area contributed by atoms with Crippen LogP contribution in [0.3, 0.4) is 0 Å². The minimum atomic E-state index is -0.151. The molecule has 0 aliphatic carbocycles. The summed E-state index contributed by atoms with van der Waals surface area (Å²) in [5.41, 5.74) is 4.94. The summed E-state index contributed by atoms with van der Waals surface area (Å²) in [6, 6.07) is 19.0. The van der Waals surface area contributed by atoms with Crippen LogP contribution < -0.4 is 5.56 Å².